The Morgan fingerprint density at radius 1 is 1.04 bits per heavy atom. The topological polar surface area (TPSA) is 35.5 Å². The van der Waals surface area contributed by atoms with Gasteiger partial charge >= 0.3 is 12.4 Å². The summed E-state index contributed by atoms with van der Waals surface area (Å²) in [6, 6.07) is 0.870. The number of aliphatic hydroxyl groups is 1. The number of piperazine rings is 1. The van der Waals surface area contributed by atoms with E-state index in [1.807, 2.05) is 0 Å². The zero-order valence-corrected chi connectivity index (χ0v) is 15.7. The largest absolute Gasteiger partial charge is 0.416 e. The van der Waals surface area contributed by atoms with Crippen LogP contribution in [0.2, 0.25) is 0 Å². The van der Waals surface area contributed by atoms with Gasteiger partial charge < -0.3 is 10.4 Å². The minimum Gasteiger partial charge on any atom is -0.396 e. The van der Waals surface area contributed by atoms with Gasteiger partial charge in [-0.25, -0.2) is 0 Å². The fourth-order valence-electron chi connectivity index (χ4n) is 3.36. The summed E-state index contributed by atoms with van der Waals surface area (Å²) in [7, 11) is 0. The number of aliphatic hydroxyl groups excluding tert-OH is 1. The third-order valence-electron chi connectivity index (χ3n) is 4.65. The maximum absolute atomic E-state index is 13.6. The number of nitrogens with one attached hydrogen (secondary N) is 1. The first-order valence-electron chi connectivity index (χ1n) is 8.22. The van der Waals surface area contributed by atoms with E-state index >= 15 is 0 Å². The summed E-state index contributed by atoms with van der Waals surface area (Å²) in [5, 5.41) is 12.8. The molecule has 1 aromatic rings. The molecule has 0 amide bonds. The van der Waals surface area contributed by atoms with Gasteiger partial charge in [0.25, 0.3) is 0 Å². The Balaban J connectivity index is 0.00000364. The van der Waals surface area contributed by atoms with Gasteiger partial charge in [0.1, 0.15) is 0 Å². The average molecular weight is 421 g/mol. The van der Waals surface area contributed by atoms with Gasteiger partial charge in [-0.2, -0.15) is 26.3 Å². The molecule has 10 heteroatoms. The molecule has 1 aliphatic heterocycles. The smallest absolute Gasteiger partial charge is 0.396 e. The van der Waals surface area contributed by atoms with Crippen molar-refractivity contribution in [1.82, 2.24) is 10.2 Å². The van der Waals surface area contributed by atoms with Gasteiger partial charge in [-0.15, -0.1) is 12.4 Å². The molecule has 0 unspecified atom stereocenters. The summed E-state index contributed by atoms with van der Waals surface area (Å²) in [5.41, 5.74) is -3.87. The number of nitrogens with zero attached hydrogens (tertiary/aromatic N) is 1. The maximum atomic E-state index is 13.6. The number of hydrogen-bond acceptors (Lipinski definition) is 3. The second kappa shape index (κ2) is 8.55. The lowest BCUT2D eigenvalue weighted by Gasteiger charge is -2.44. The van der Waals surface area contributed by atoms with Crippen LogP contribution in [0, 0.1) is 5.41 Å². The zero-order valence-electron chi connectivity index (χ0n) is 14.9. The van der Waals surface area contributed by atoms with E-state index in [0.29, 0.717) is 32.2 Å². The lowest BCUT2D eigenvalue weighted by Crippen LogP contribution is -2.50. The molecule has 0 aliphatic carbocycles. The highest BCUT2D eigenvalue weighted by Crippen LogP contribution is 2.45. The van der Waals surface area contributed by atoms with E-state index in [0.717, 1.165) is 6.07 Å². The summed E-state index contributed by atoms with van der Waals surface area (Å²) >= 11 is 0. The summed E-state index contributed by atoms with van der Waals surface area (Å²) in [5.74, 6) is 0. The number of benzene rings is 1. The molecule has 27 heavy (non-hydrogen) atoms. The third kappa shape index (κ3) is 5.49. The molecule has 1 aliphatic rings. The Hall–Kier alpha value is -1.03. The molecule has 156 valence electrons. The fraction of sp³-hybridized carbons (Fsp3) is 0.647. The van der Waals surface area contributed by atoms with Crippen molar-refractivity contribution in [2.75, 3.05) is 32.8 Å². The summed E-state index contributed by atoms with van der Waals surface area (Å²) in [6.45, 7) is 4.80. The standard InChI is InChI=1S/C17H22F6N2O.ClH/c1-15(2,10-26)14(25-7-5-24-6-8-25)12-4-3-11(16(18,19)20)9-13(12)17(21,22)23;/h3-4,9,14,24,26H,5-8,10H2,1-2H3;1H/t14-;/m1./s1. The van der Waals surface area contributed by atoms with Gasteiger partial charge in [0.15, 0.2) is 0 Å². The Morgan fingerprint density at radius 3 is 2.04 bits per heavy atom. The molecule has 3 nitrogen and oxygen atoms in total. The molecule has 0 radical (unpaired) electrons. The molecule has 2 N–H and O–H groups in total. The Bertz CT molecular complexity index is 627. The van der Waals surface area contributed by atoms with E-state index in [4.69, 9.17) is 0 Å². The molecule has 1 fully saturated rings. The summed E-state index contributed by atoms with van der Waals surface area (Å²) in [4.78, 5) is 1.78. The van der Waals surface area contributed by atoms with Crippen LogP contribution in [0.4, 0.5) is 26.3 Å². The van der Waals surface area contributed by atoms with Crippen molar-refractivity contribution in [2.24, 2.45) is 5.41 Å². The van der Waals surface area contributed by atoms with Crippen LogP contribution < -0.4 is 5.32 Å². The van der Waals surface area contributed by atoms with Crippen molar-refractivity contribution in [3.05, 3.63) is 34.9 Å². The summed E-state index contributed by atoms with van der Waals surface area (Å²) in [6.07, 6.45) is -9.80. The molecule has 1 heterocycles. The van der Waals surface area contributed by atoms with E-state index < -0.39 is 41.5 Å². The highest BCUT2D eigenvalue weighted by Gasteiger charge is 2.44. The van der Waals surface area contributed by atoms with Gasteiger partial charge in [-0.05, 0) is 17.7 Å². The molecule has 1 aromatic carbocycles. The molecule has 0 aromatic heterocycles. The predicted molar refractivity (Wildman–Crippen MR) is 91.7 cm³/mol. The van der Waals surface area contributed by atoms with E-state index in [-0.39, 0.29) is 24.0 Å². The lowest BCUT2D eigenvalue weighted by molar-refractivity contribution is -0.144. The van der Waals surface area contributed by atoms with E-state index in [9.17, 15) is 31.4 Å². The SMILES string of the molecule is CC(C)(CO)[C@@H](c1ccc(C(F)(F)F)cc1C(F)(F)F)N1CCNCC1.Cl. The van der Waals surface area contributed by atoms with Crippen LogP contribution in [-0.2, 0) is 12.4 Å². The number of hydrogen-bond donors (Lipinski definition) is 2. The highest BCUT2D eigenvalue weighted by molar-refractivity contribution is 5.85. The van der Waals surface area contributed by atoms with Crippen molar-refractivity contribution in [2.45, 2.75) is 32.2 Å². The van der Waals surface area contributed by atoms with E-state index in [2.05, 4.69) is 5.32 Å². The Labute approximate surface area is 160 Å². The van der Waals surface area contributed by atoms with Crippen LogP contribution in [0.1, 0.15) is 36.6 Å². The van der Waals surface area contributed by atoms with Crippen molar-refractivity contribution >= 4 is 12.4 Å². The molecule has 1 saturated heterocycles. The molecule has 0 saturated carbocycles. The van der Waals surface area contributed by atoms with Crippen LogP contribution in [-0.4, -0.2) is 42.8 Å². The van der Waals surface area contributed by atoms with Crippen molar-refractivity contribution in [3.63, 3.8) is 0 Å². The van der Waals surface area contributed by atoms with Crippen molar-refractivity contribution in [1.29, 1.82) is 0 Å². The predicted octanol–water partition coefficient (Wildman–Crippen LogP) is 4.11. The third-order valence-corrected chi connectivity index (χ3v) is 4.65. The molecular formula is C17H23ClF6N2O. The first-order valence-corrected chi connectivity index (χ1v) is 8.22. The Kier molecular flexibility index (Phi) is 7.60. The number of alkyl halides is 6. The zero-order chi connectivity index (χ0) is 19.8. The van der Waals surface area contributed by atoms with Gasteiger partial charge in [0, 0.05) is 44.2 Å². The molecule has 0 bridgehead atoms. The quantitative estimate of drug-likeness (QED) is 0.720. The first kappa shape index (κ1) is 24.0. The second-order valence-electron chi connectivity index (χ2n) is 7.13. The van der Waals surface area contributed by atoms with Crippen LogP contribution in [0.25, 0.3) is 0 Å². The monoisotopic (exact) mass is 420 g/mol. The maximum Gasteiger partial charge on any atom is 0.416 e. The van der Waals surface area contributed by atoms with Crippen LogP contribution >= 0.6 is 12.4 Å². The van der Waals surface area contributed by atoms with Gasteiger partial charge in [-0.1, -0.05) is 19.9 Å². The average Bonchev–Trinajstić information content (AvgIpc) is 2.54. The number of rotatable bonds is 4. The lowest BCUT2D eigenvalue weighted by atomic mass is 9.77. The Morgan fingerprint density at radius 2 is 1.59 bits per heavy atom. The van der Waals surface area contributed by atoms with Gasteiger partial charge in [0.2, 0.25) is 0 Å². The van der Waals surface area contributed by atoms with E-state index in [1.165, 1.54) is 0 Å². The minimum atomic E-state index is -4.94. The first-order chi connectivity index (χ1) is 11.9. The summed E-state index contributed by atoms with van der Waals surface area (Å²) < 4.78 is 79.5. The van der Waals surface area contributed by atoms with Crippen LogP contribution in [0.15, 0.2) is 18.2 Å². The fourth-order valence-corrected chi connectivity index (χ4v) is 3.36. The van der Waals surface area contributed by atoms with Crippen molar-refractivity contribution < 1.29 is 31.4 Å². The second-order valence-corrected chi connectivity index (χ2v) is 7.13. The van der Waals surface area contributed by atoms with Gasteiger partial charge in [0.05, 0.1) is 11.1 Å². The number of halogens is 7. The molecule has 0 spiro atoms. The molecule has 2 rings (SSSR count). The highest BCUT2D eigenvalue weighted by atomic mass is 35.5. The van der Waals surface area contributed by atoms with Gasteiger partial charge in [-0.3, -0.25) is 4.90 Å². The van der Waals surface area contributed by atoms with Crippen LogP contribution in [0.3, 0.4) is 0 Å². The van der Waals surface area contributed by atoms with E-state index in [1.54, 1.807) is 18.7 Å². The van der Waals surface area contributed by atoms with Crippen molar-refractivity contribution in [3.8, 4) is 0 Å². The molecular weight excluding hydrogens is 398 g/mol. The van der Waals surface area contributed by atoms with Crippen LogP contribution in [0.5, 0.6) is 0 Å². The minimum absolute atomic E-state index is 0. The normalized spacial score (nSPS) is 18.1. The molecule has 1 atom stereocenters.